The highest BCUT2D eigenvalue weighted by atomic mass is 35.5. The summed E-state index contributed by atoms with van der Waals surface area (Å²) in [5, 5.41) is 2.86. The molecule has 0 saturated carbocycles. The van der Waals surface area contributed by atoms with Crippen LogP contribution in [0.3, 0.4) is 0 Å². The van der Waals surface area contributed by atoms with Crippen molar-refractivity contribution in [3.63, 3.8) is 0 Å². The maximum atomic E-state index is 12.3. The number of benzene rings is 1. The number of nitrogens with one attached hydrogen (secondary N) is 1. The molecule has 1 aromatic rings. The number of halogens is 1. The third-order valence-electron chi connectivity index (χ3n) is 3.80. The average Bonchev–Trinajstić information content (AvgIpc) is 2.55. The number of methoxy groups -OCH3 is 1. The number of piperazine rings is 1. The number of rotatable bonds is 5. The molecule has 1 aliphatic rings. The molecule has 0 aliphatic carbocycles. The zero-order chi connectivity index (χ0) is 15.9. The van der Waals surface area contributed by atoms with Crippen LogP contribution in [0.1, 0.15) is 5.56 Å². The van der Waals surface area contributed by atoms with Crippen LogP contribution in [0.5, 0.6) is 5.75 Å². The number of hydrogen-bond acceptors (Lipinski definition) is 4. The number of carbonyl (C=O) groups is 2. The Morgan fingerprint density at radius 3 is 2.30 bits per heavy atom. The van der Waals surface area contributed by atoms with Gasteiger partial charge in [0.15, 0.2) is 0 Å². The van der Waals surface area contributed by atoms with E-state index in [1.807, 2.05) is 29.2 Å². The predicted molar refractivity (Wildman–Crippen MR) is 91.0 cm³/mol. The van der Waals surface area contributed by atoms with Crippen LogP contribution in [0.15, 0.2) is 24.3 Å². The quantitative estimate of drug-likeness (QED) is 0.849. The van der Waals surface area contributed by atoms with E-state index in [4.69, 9.17) is 4.74 Å². The Bertz CT molecular complexity index is 531. The van der Waals surface area contributed by atoms with Gasteiger partial charge in [-0.3, -0.25) is 9.59 Å². The van der Waals surface area contributed by atoms with E-state index in [2.05, 4.69) is 5.32 Å². The van der Waals surface area contributed by atoms with Crippen LogP contribution in [0, 0.1) is 0 Å². The van der Waals surface area contributed by atoms with Gasteiger partial charge >= 0.3 is 0 Å². The Labute approximate surface area is 143 Å². The topological polar surface area (TPSA) is 61.9 Å². The van der Waals surface area contributed by atoms with E-state index in [0.717, 1.165) is 11.3 Å². The first-order valence-corrected chi connectivity index (χ1v) is 7.47. The smallest absolute Gasteiger partial charge is 0.236 e. The standard InChI is InChI=1S/C16H23N3O3.ClH/c1-17-12-16(21)19-8-6-18(7-9-19)15(20)11-13-4-3-5-14(10-13)22-2;/h3-5,10,17H,6-9,11-12H2,1-2H3;1H. The molecule has 7 heteroatoms. The van der Waals surface area contributed by atoms with Gasteiger partial charge in [-0.05, 0) is 24.7 Å². The number of amides is 2. The van der Waals surface area contributed by atoms with Crippen molar-refractivity contribution >= 4 is 24.2 Å². The van der Waals surface area contributed by atoms with Gasteiger partial charge in [-0.25, -0.2) is 0 Å². The lowest BCUT2D eigenvalue weighted by Crippen LogP contribution is -2.52. The molecular weight excluding hydrogens is 318 g/mol. The van der Waals surface area contributed by atoms with Gasteiger partial charge in [0.25, 0.3) is 0 Å². The summed E-state index contributed by atoms with van der Waals surface area (Å²) in [6.07, 6.45) is 0.363. The largest absolute Gasteiger partial charge is 0.497 e. The number of likely N-dealkylation sites (N-methyl/N-ethyl adjacent to an activating group) is 1. The van der Waals surface area contributed by atoms with Crippen molar-refractivity contribution in [1.29, 1.82) is 0 Å². The molecule has 1 fully saturated rings. The van der Waals surface area contributed by atoms with Gasteiger partial charge in [-0.2, -0.15) is 0 Å². The van der Waals surface area contributed by atoms with Crippen LogP contribution in [0.25, 0.3) is 0 Å². The lowest BCUT2D eigenvalue weighted by atomic mass is 10.1. The van der Waals surface area contributed by atoms with Crippen molar-refractivity contribution in [3.05, 3.63) is 29.8 Å². The second kappa shape index (κ2) is 9.37. The molecule has 0 atom stereocenters. The predicted octanol–water partition coefficient (Wildman–Crippen LogP) is 0.550. The maximum Gasteiger partial charge on any atom is 0.236 e. The normalized spacial score (nSPS) is 14.2. The van der Waals surface area contributed by atoms with E-state index in [9.17, 15) is 9.59 Å². The van der Waals surface area contributed by atoms with Gasteiger partial charge in [-0.15, -0.1) is 12.4 Å². The average molecular weight is 342 g/mol. The molecule has 1 heterocycles. The van der Waals surface area contributed by atoms with Crippen LogP contribution >= 0.6 is 12.4 Å². The van der Waals surface area contributed by atoms with Gasteiger partial charge < -0.3 is 19.9 Å². The number of ether oxygens (including phenoxy) is 1. The zero-order valence-corrected chi connectivity index (χ0v) is 14.4. The Hall–Kier alpha value is -1.79. The van der Waals surface area contributed by atoms with E-state index < -0.39 is 0 Å². The van der Waals surface area contributed by atoms with E-state index in [1.54, 1.807) is 19.1 Å². The maximum absolute atomic E-state index is 12.3. The lowest BCUT2D eigenvalue weighted by Gasteiger charge is -2.34. The number of nitrogens with zero attached hydrogens (tertiary/aromatic N) is 2. The van der Waals surface area contributed by atoms with Crippen molar-refractivity contribution in [2.24, 2.45) is 0 Å². The minimum absolute atomic E-state index is 0. The van der Waals surface area contributed by atoms with Gasteiger partial charge in [0.1, 0.15) is 5.75 Å². The van der Waals surface area contributed by atoms with E-state index in [1.165, 1.54) is 0 Å². The van der Waals surface area contributed by atoms with Crippen LogP contribution in [0.2, 0.25) is 0 Å². The minimum atomic E-state index is 0. The lowest BCUT2D eigenvalue weighted by molar-refractivity contribution is -0.138. The third-order valence-corrected chi connectivity index (χ3v) is 3.80. The molecule has 0 radical (unpaired) electrons. The third kappa shape index (κ3) is 5.41. The molecule has 2 amide bonds. The van der Waals surface area contributed by atoms with Crippen LogP contribution in [-0.4, -0.2) is 68.5 Å². The molecule has 1 aliphatic heterocycles. The second-order valence-electron chi connectivity index (χ2n) is 5.32. The molecule has 1 N–H and O–H groups in total. The second-order valence-corrected chi connectivity index (χ2v) is 5.32. The summed E-state index contributed by atoms with van der Waals surface area (Å²) >= 11 is 0. The summed E-state index contributed by atoms with van der Waals surface area (Å²) in [5.41, 5.74) is 0.943. The minimum Gasteiger partial charge on any atom is -0.497 e. The molecule has 0 bridgehead atoms. The molecular formula is C16H24ClN3O3. The molecule has 0 unspecified atom stereocenters. The summed E-state index contributed by atoms with van der Waals surface area (Å²) < 4.78 is 5.17. The fourth-order valence-electron chi connectivity index (χ4n) is 2.54. The fraction of sp³-hybridized carbons (Fsp3) is 0.500. The number of hydrogen-bond donors (Lipinski definition) is 1. The van der Waals surface area contributed by atoms with Crippen molar-refractivity contribution in [3.8, 4) is 5.75 Å². The van der Waals surface area contributed by atoms with Crippen LogP contribution in [-0.2, 0) is 16.0 Å². The Morgan fingerprint density at radius 2 is 1.74 bits per heavy atom. The fourth-order valence-corrected chi connectivity index (χ4v) is 2.54. The zero-order valence-electron chi connectivity index (χ0n) is 13.6. The summed E-state index contributed by atoms with van der Waals surface area (Å²) in [5.74, 6) is 0.934. The van der Waals surface area contributed by atoms with E-state index in [0.29, 0.717) is 39.1 Å². The molecule has 23 heavy (non-hydrogen) atoms. The van der Waals surface area contributed by atoms with Gasteiger partial charge in [0.05, 0.1) is 20.1 Å². The SMILES string of the molecule is CNCC(=O)N1CCN(C(=O)Cc2cccc(OC)c2)CC1.Cl. The molecule has 6 nitrogen and oxygen atoms in total. The molecule has 0 aromatic heterocycles. The van der Waals surface area contributed by atoms with Gasteiger partial charge in [0, 0.05) is 26.2 Å². The first-order chi connectivity index (χ1) is 10.6. The number of carbonyl (C=O) groups excluding carboxylic acids is 2. The van der Waals surface area contributed by atoms with E-state index in [-0.39, 0.29) is 24.2 Å². The van der Waals surface area contributed by atoms with Crippen molar-refractivity contribution in [1.82, 2.24) is 15.1 Å². The van der Waals surface area contributed by atoms with Crippen LogP contribution in [0.4, 0.5) is 0 Å². The van der Waals surface area contributed by atoms with Crippen molar-refractivity contribution in [2.45, 2.75) is 6.42 Å². The summed E-state index contributed by atoms with van der Waals surface area (Å²) in [6, 6.07) is 7.55. The highest BCUT2D eigenvalue weighted by Gasteiger charge is 2.23. The van der Waals surface area contributed by atoms with Gasteiger partial charge in [-0.1, -0.05) is 12.1 Å². The Kier molecular flexibility index (Phi) is 7.85. The van der Waals surface area contributed by atoms with Gasteiger partial charge in [0.2, 0.25) is 11.8 Å². The first kappa shape index (κ1) is 19.3. The Morgan fingerprint density at radius 1 is 1.13 bits per heavy atom. The Balaban J connectivity index is 0.00000264. The summed E-state index contributed by atoms with van der Waals surface area (Å²) in [4.78, 5) is 27.7. The van der Waals surface area contributed by atoms with E-state index >= 15 is 0 Å². The summed E-state index contributed by atoms with van der Waals surface area (Å²) in [7, 11) is 3.37. The molecule has 0 spiro atoms. The molecule has 128 valence electrons. The van der Waals surface area contributed by atoms with Crippen molar-refractivity contribution in [2.75, 3.05) is 46.9 Å². The first-order valence-electron chi connectivity index (χ1n) is 7.47. The highest BCUT2D eigenvalue weighted by molar-refractivity contribution is 5.85. The monoisotopic (exact) mass is 341 g/mol. The molecule has 1 saturated heterocycles. The van der Waals surface area contributed by atoms with Crippen molar-refractivity contribution < 1.29 is 14.3 Å². The molecule has 1 aromatic carbocycles. The molecule has 2 rings (SSSR count). The summed E-state index contributed by atoms with van der Waals surface area (Å²) in [6.45, 7) is 2.74. The van der Waals surface area contributed by atoms with Crippen LogP contribution < -0.4 is 10.1 Å². The highest BCUT2D eigenvalue weighted by Crippen LogP contribution is 2.14.